The molecule has 0 unspecified atom stereocenters. The summed E-state index contributed by atoms with van der Waals surface area (Å²) in [4.78, 5) is 10.4. The Labute approximate surface area is 92.5 Å². The Morgan fingerprint density at radius 3 is 2.75 bits per heavy atom. The van der Waals surface area contributed by atoms with Gasteiger partial charge in [0.05, 0.1) is 13.0 Å². The first-order valence-electron chi connectivity index (χ1n) is 4.73. The zero-order chi connectivity index (χ0) is 12.0. The SMILES string of the molecule is O=C(O)Cc1ccc(C#CCCO)cc1F. The van der Waals surface area contributed by atoms with E-state index in [1.165, 1.54) is 12.1 Å². The third kappa shape index (κ3) is 3.71. The van der Waals surface area contributed by atoms with Gasteiger partial charge in [0.1, 0.15) is 5.82 Å². The molecule has 2 N–H and O–H groups in total. The van der Waals surface area contributed by atoms with E-state index in [2.05, 4.69) is 11.8 Å². The number of aliphatic hydroxyl groups is 1. The highest BCUT2D eigenvalue weighted by atomic mass is 19.1. The fourth-order valence-electron chi connectivity index (χ4n) is 1.15. The molecule has 0 fully saturated rings. The molecule has 16 heavy (non-hydrogen) atoms. The average molecular weight is 222 g/mol. The van der Waals surface area contributed by atoms with Crippen LogP contribution in [-0.4, -0.2) is 22.8 Å². The Bertz CT molecular complexity index is 443. The normalized spacial score (nSPS) is 9.38. The number of hydrogen-bond donors (Lipinski definition) is 2. The van der Waals surface area contributed by atoms with Gasteiger partial charge in [0.15, 0.2) is 0 Å². The zero-order valence-corrected chi connectivity index (χ0v) is 8.53. The van der Waals surface area contributed by atoms with Crippen LogP contribution in [0.4, 0.5) is 4.39 Å². The number of benzene rings is 1. The van der Waals surface area contributed by atoms with Crippen molar-refractivity contribution < 1.29 is 19.4 Å². The monoisotopic (exact) mass is 222 g/mol. The Balaban J connectivity index is 2.83. The Morgan fingerprint density at radius 1 is 1.44 bits per heavy atom. The van der Waals surface area contributed by atoms with E-state index in [1.807, 2.05) is 0 Å². The van der Waals surface area contributed by atoms with Gasteiger partial charge >= 0.3 is 5.97 Å². The number of carbonyl (C=O) groups is 1. The van der Waals surface area contributed by atoms with E-state index >= 15 is 0 Å². The van der Waals surface area contributed by atoms with E-state index in [4.69, 9.17) is 10.2 Å². The van der Waals surface area contributed by atoms with Crippen molar-refractivity contribution in [2.45, 2.75) is 12.8 Å². The average Bonchev–Trinajstić information content (AvgIpc) is 2.22. The maximum Gasteiger partial charge on any atom is 0.307 e. The third-order valence-corrected chi connectivity index (χ3v) is 1.86. The molecular formula is C12H11FO3. The highest BCUT2D eigenvalue weighted by molar-refractivity contribution is 5.70. The van der Waals surface area contributed by atoms with Crippen LogP contribution in [0, 0.1) is 17.7 Å². The first-order chi connectivity index (χ1) is 7.63. The highest BCUT2D eigenvalue weighted by Crippen LogP contribution is 2.10. The fourth-order valence-corrected chi connectivity index (χ4v) is 1.15. The smallest absolute Gasteiger partial charge is 0.307 e. The number of carboxylic acids is 1. The van der Waals surface area contributed by atoms with E-state index in [1.54, 1.807) is 6.07 Å². The van der Waals surface area contributed by atoms with Gasteiger partial charge in [0.25, 0.3) is 0 Å². The Hall–Kier alpha value is -1.86. The van der Waals surface area contributed by atoms with Crippen molar-refractivity contribution in [1.29, 1.82) is 0 Å². The van der Waals surface area contributed by atoms with E-state index in [-0.39, 0.29) is 18.6 Å². The van der Waals surface area contributed by atoms with Gasteiger partial charge in [-0.25, -0.2) is 4.39 Å². The minimum absolute atomic E-state index is 0.0351. The predicted molar refractivity (Wildman–Crippen MR) is 56.3 cm³/mol. The summed E-state index contributed by atoms with van der Waals surface area (Å²) in [6, 6.07) is 4.17. The highest BCUT2D eigenvalue weighted by Gasteiger charge is 2.06. The lowest BCUT2D eigenvalue weighted by Gasteiger charge is -1.99. The molecule has 0 heterocycles. The van der Waals surface area contributed by atoms with E-state index in [0.29, 0.717) is 12.0 Å². The summed E-state index contributed by atoms with van der Waals surface area (Å²) in [5, 5.41) is 17.0. The fraction of sp³-hybridized carbons (Fsp3) is 0.250. The summed E-state index contributed by atoms with van der Waals surface area (Å²) >= 11 is 0. The van der Waals surface area contributed by atoms with Gasteiger partial charge in [-0.2, -0.15) is 0 Å². The summed E-state index contributed by atoms with van der Waals surface area (Å²) in [6.07, 6.45) is -0.00528. The van der Waals surface area contributed by atoms with Gasteiger partial charge in [-0.3, -0.25) is 4.79 Å². The molecule has 0 saturated carbocycles. The molecule has 1 aromatic rings. The van der Waals surface area contributed by atoms with E-state index in [0.717, 1.165) is 0 Å². The second-order valence-corrected chi connectivity index (χ2v) is 3.15. The number of aliphatic hydroxyl groups excluding tert-OH is 1. The number of aliphatic carboxylic acids is 1. The molecule has 0 aromatic heterocycles. The van der Waals surface area contributed by atoms with Crippen LogP contribution in [0.5, 0.6) is 0 Å². The first kappa shape index (κ1) is 12.2. The summed E-state index contributed by atoms with van der Waals surface area (Å²) < 4.78 is 13.3. The largest absolute Gasteiger partial charge is 0.481 e. The topological polar surface area (TPSA) is 57.5 Å². The first-order valence-corrected chi connectivity index (χ1v) is 4.73. The summed E-state index contributed by atoms with van der Waals surface area (Å²) in [7, 11) is 0. The lowest BCUT2D eigenvalue weighted by Crippen LogP contribution is -2.02. The van der Waals surface area contributed by atoms with Crippen molar-refractivity contribution in [3.05, 3.63) is 35.1 Å². The van der Waals surface area contributed by atoms with Crippen molar-refractivity contribution in [2.24, 2.45) is 0 Å². The van der Waals surface area contributed by atoms with Crippen LogP contribution < -0.4 is 0 Å². The van der Waals surface area contributed by atoms with E-state index < -0.39 is 11.8 Å². The van der Waals surface area contributed by atoms with Gasteiger partial charge in [-0.1, -0.05) is 17.9 Å². The van der Waals surface area contributed by atoms with Crippen LogP contribution in [0.1, 0.15) is 17.5 Å². The van der Waals surface area contributed by atoms with Crippen LogP contribution in [-0.2, 0) is 11.2 Å². The Morgan fingerprint density at radius 2 is 2.19 bits per heavy atom. The summed E-state index contributed by atoms with van der Waals surface area (Å²) in [5.74, 6) is 3.68. The van der Waals surface area contributed by atoms with Crippen molar-refractivity contribution >= 4 is 5.97 Å². The maximum atomic E-state index is 13.3. The maximum absolute atomic E-state index is 13.3. The summed E-state index contributed by atoms with van der Waals surface area (Å²) in [6.45, 7) is -0.0351. The minimum Gasteiger partial charge on any atom is -0.481 e. The van der Waals surface area contributed by atoms with Crippen molar-refractivity contribution in [3.8, 4) is 11.8 Å². The molecular weight excluding hydrogens is 211 g/mol. The van der Waals surface area contributed by atoms with E-state index in [9.17, 15) is 9.18 Å². The van der Waals surface area contributed by atoms with Crippen molar-refractivity contribution in [1.82, 2.24) is 0 Å². The second kappa shape index (κ2) is 5.89. The molecule has 1 rings (SSSR count). The molecule has 0 spiro atoms. The molecule has 4 heteroatoms. The molecule has 1 aromatic carbocycles. The molecule has 0 amide bonds. The quantitative estimate of drug-likeness (QED) is 0.755. The third-order valence-electron chi connectivity index (χ3n) is 1.86. The number of hydrogen-bond acceptors (Lipinski definition) is 2. The predicted octanol–water partition coefficient (Wildman–Crippen LogP) is 1.19. The molecule has 0 aliphatic heterocycles. The summed E-state index contributed by atoms with van der Waals surface area (Å²) in [5.41, 5.74) is 0.611. The van der Waals surface area contributed by atoms with Crippen LogP contribution in [0.3, 0.4) is 0 Å². The Kier molecular flexibility index (Phi) is 4.49. The van der Waals surface area contributed by atoms with Gasteiger partial charge in [-0.15, -0.1) is 0 Å². The molecule has 0 aliphatic rings. The van der Waals surface area contributed by atoms with Crippen LogP contribution in [0.25, 0.3) is 0 Å². The van der Waals surface area contributed by atoms with Crippen LogP contribution >= 0.6 is 0 Å². The van der Waals surface area contributed by atoms with Gasteiger partial charge in [-0.05, 0) is 17.7 Å². The minimum atomic E-state index is -1.07. The second-order valence-electron chi connectivity index (χ2n) is 3.15. The molecule has 0 radical (unpaired) electrons. The molecule has 3 nitrogen and oxygen atoms in total. The molecule has 0 atom stereocenters. The van der Waals surface area contributed by atoms with Gasteiger partial charge in [0, 0.05) is 12.0 Å². The number of halogens is 1. The molecule has 0 saturated heterocycles. The van der Waals surface area contributed by atoms with Crippen molar-refractivity contribution in [2.75, 3.05) is 6.61 Å². The van der Waals surface area contributed by atoms with Crippen LogP contribution in [0.15, 0.2) is 18.2 Å². The zero-order valence-electron chi connectivity index (χ0n) is 8.53. The van der Waals surface area contributed by atoms with Crippen molar-refractivity contribution in [3.63, 3.8) is 0 Å². The lowest BCUT2D eigenvalue weighted by atomic mass is 10.1. The van der Waals surface area contributed by atoms with Gasteiger partial charge in [0.2, 0.25) is 0 Å². The number of carboxylic acid groups (broad SMARTS) is 1. The van der Waals surface area contributed by atoms with Gasteiger partial charge < -0.3 is 10.2 Å². The standard InChI is InChI=1S/C12H11FO3/c13-11-7-9(3-1-2-6-14)4-5-10(11)8-12(15)16/h4-5,7,14H,2,6,8H2,(H,15,16). The lowest BCUT2D eigenvalue weighted by molar-refractivity contribution is -0.136. The molecule has 0 aliphatic carbocycles. The molecule has 84 valence electrons. The van der Waals surface area contributed by atoms with Crippen LogP contribution in [0.2, 0.25) is 0 Å². The number of rotatable bonds is 3. The molecule has 0 bridgehead atoms.